The van der Waals surface area contributed by atoms with E-state index in [4.69, 9.17) is 4.74 Å². The third-order valence-corrected chi connectivity index (χ3v) is 3.93. The van der Waals surface area contributed by atoms with Gasteiger partial charge >= 0.3 is 0 Å². The van der Waals surface area contributed by atoms with Crippen molar-refractivity contribution in [1.82, 2.24) is 5.32 Å². The molecule has 1 atom stereocenters. The molecule has 1 aliphatic rings. The predicted octanol–water partition coefficient (Wildman–Crippen LogP) is 2.98. The smallest absolute Gasteiger partial charge is 0.0469 e. The number of ether oxygens (including phenoxy) is 1. The Kier molecular flexibility index (Phi) is 4.61. The molecule has 0 spiro atoms. The number of rotatable bonds is 3. The fourth-order valence-electron chi connectivity index (χ4n) is 2.42. The van der Waals surface area contributed by atoms with Gasteiger partial charge in [-0.25, -0.2) is 0 Å². The van der Waals surface area contributed by atoms with Gasteiger partial charge in [0.05, 0.1) is 0 Å². The van der Waals surface area contributed by atoms with Crippen LogP contribution in [0.15, 0.2) is 24.3 Å². The highest BCUT2D eigenvalue weighted by Crippen LogP contribution is 2.30. The Labute approximate surface area is 111 Å². The van der Waals surface area contributed by atoms with Crippen LogP contribution in [0.3, 0.4) is 0 Å². The van der Waals surface area contributed by atoms with Crippen LogP contribution in [0.2, 0.25) is 0 Å². The zero-order valence-electron chi connectivity index (χ0n) is 9.58. The molecule has 1 N–H and O–H groups in total. The molecule has 1 unspecified atom stereocenters. The first-order valence-electron chi connectivity index (χ1n) is 5.81. The third-order valence-electron chi connectivity index (χ3n) is 3.26. The second kappa shape index (κ2) is 5.98. The Bertz CT molecular complexity index is 336. The first kappa shape index (κ1) is 12.3. The lowest BCUT2D eigenvalue weighted by molar-refractivity contribution is 0.0546. The molecule has 0 saturated carbocycles. The van der Waals surface area contributed by atoms with E-state index in [1.165, 1.54) is 9.13 Å². The van der Waals surface area contributed by atoms with E-state index in [2.05, 4.69) is 59.2 Å². The van der Waals surface area contributed by atoms with Crippen LogP contribution >= 0.6 is 22.6 Å². The molecule has 3 heteroatoms. The maximum Gasteiger partial charge on any atom is 0.0469 e. The van der Waals surface area contributed by atoms with Crippen molar-refractivity contribution in [3.63, 3.8) is 0 Å². The minimum absolute atomic E-state index is 0.471. The molecule has 0 aliphatic carbocycles. The Balaban J connectivity index is 2.14. The van der Waals surface area contributed by atoms with Crippen molar-refractivity contribution in [2.75, 3.05) is 20.3 Å². The van der Waals surface area contributed by atoms with Crippen LogP contribution in [0, 0.1) is 9.49 Å². The van der Waals surface area contributed by atoms with Crippen molar-refractivity contribution in [2.24, 2.45) is 5.92 Å². The highest BCUT2D eigenvalue weighted by Gasteiger charge is 2.23. The number of benzene rings is 1. The van der Waals surface area contributed by atoms with Gasteiger partial charge in [0.2, 0.25) is 0 Å². The monoisotopic (exact) mass is 331 g/mol. The van der Waals surface area contributed by atoms with Crippen LogP contribution in [0.25, 0.3) is 0 Å². The summed E-state index contributed by atoms with van der Waals surface area (Å²) >= 11 is 2.37. The third kappa shape index (κ3) is 2.96. The van der Waals surface area contributed by atoms with E-state index in [9.17, 15) is 0 Å². The normalized spacial score (nSPS) is 19.6. The van der Waals surface area contributed by atoms with Gasteiger partial charge in [0.15, 0.2) is 0 Å². The second-order valence-corrected chi connectivity index (χ2v) is 5.52. The Morgan fingerprint density at radius 2 is 2.12 bits per heavy atom. The molecular formula is C13H18INO. The molecule has 1 aromatic rings. The summed E-state index contributed by atoms with van der Waals surface area (Å²) in [5.41, 5.74) is 1.40. The maximum atomic E-state index is 5.42. The molecule has 1 saturated heterocycles. The molecule has 0 amide bonds. The maximum absolute atomic E-state index is 5.42. The van der Waals surface area contributed by atoms with E-state index in [0.29, 0.717) is 12.0 Å². The molecule has 0 bridgehead atoms. The zero-order valence-corrected chi connectivity index (χ0v) is 11.7. The molecule has 0 aromatic heterocycles. The van der Waals surface area contributed by atoms with Crippen molar-refractivity contribution in [3.8, 4) is 0 Å². The van der Waals surface area contributed by atoms with E-state index in [1.807, 2.05) is 0 Å². The van der Waals surface area contributed by atoms with Crippen molar-refractivity contribution < 1.29 is 4.74 Å². The number of halogens is 1. The van der Waals surface area contributed by atoms with E-state index in [-0.39, 0.29) is 0 Å². The van der Waals surface area contributed by atoms with Gasteiger partial charge in [-0.15, -0.1) is 0 Å². The SMILES string of the molecule is CNC(c1cccc(I)c1)C1CCOCC1. The lowest BCUT2D eigenvalue weighted by Crippen LogP contribution is -2.30. The topological polar surface area (TPSA) is 21.3 Å². The van der Waals surface area contributed by atoms with Crippen molar-refractivity contribution in [1.29, 1.82) is 0 Å². The average Bonchev–Trinajstić information content (AvgIpc) is 2.31. The standard InChI is InChI=1S/C13H18INO/c1-15-13(10-5-7-16-8-6-10)11-3-2-4-12(14)9-11/h2-4,9-10,13,15H,5-8H2,1H3. The van der Waals surface area contributed by atoms with Crippen LogP contribution in [0.4, 0.5) is 0 Å². The van der Waals surface area contributed by atoms with Gasteiger partial charge in [-0.1, -0.05) is 12.1 Å². The van der Waals surface area contributed by atoms with E-state index in [1.54, 1.807) is 0 Å². The molecule has 1 fully saturated rings. The minimum atomic E-state index is 0.471. The van der Waals surface area contributed by atoms with Crippen molar-refractivity contribution >= 4 is 22.6 Å². The van der Waals surface area contributed by atoms with Crippen LogP contribution < -0.4 is 5.32 Å². The largest absolute Gasteiger partial charge is 0.381 e. The van der Waals surface area contributed by atoms with Crippen molar-refractivity contribution in [3.05, 3.63) is 33.4 Å². The zero-order chi connectivity index (χ0) is 11.4. The highest BCUT2D eigenvalue weighted by atomic mass is 127. The number of hydrogen-bond acceptors (Lipinski definition) is 2. The summed E-state index contributed by atoms with van der Waals surface area (Å²) < 4.78 is 6.73. The summed E-state index contributed by atoms with van der Waals surface area (Å²) in [4.78, 5) is 0. The fraction of sp³-hybridized carbons (Fsp3) is 0.538. The lowest BCUT2D eigenvalue weighted by atomic mass is 9.87. The Morgan fingerprint density at radius 1 is 1.38 bits per heavy atom. The molecule has 1 heterocycles. The summed E-state index contributed by atoms with van der Waals surface area (Å²) in [6.07, 6.45) is 2.33. The number of hydrogen-bond donors (Lipinski definition) is 1. The molecule has 16 heavy (non-hydrogen) atoms. The van der Waals surface area contributed by atoms with Gasteiger partial charge in [-0.3, -0.25) is 0 Å². The Hall–Kier alpha value is -0.130. The van der Waals surface area contributed by atoms with E-state index >= 15 is 0 Å². The predicted molar refractivity (Wildman–Crippen MR) is 74.5 cm³/mol. The summed E-state index contributed by atoms with van der Waals surface area (Å²) in [6, 6.07) is 9.25. The average molecular weight is 331 g/mol. The Morgan fingerprint density at radius 3 is 2.75 bits per heavy atom. The second-order valence-electron chi connectivity index (χ2n) is 4.27. The number of nitrogens with one attached hydrogen (secondary N) is 1. The van der Waals surface area contributed by atoms with Crippen LogP contribution in [-0.2, 0) is 4.74 Å². The van der Waals surface area contributed by atoms with Crippen molar-refractivity contribution in [2.45, 2.75) is 18.9 Å². The van der Waals surface area contributed by atoms with Gasteiger partial charge in [0.25, 0.3) is 0 Å². The summed E-state index contributed by atoms with van der Waals surface area (Å²) in [5.74, 6) is 0.706. The molecule has 1 aromatic carbocycles. The first-order chi connectivity index (χ1) is 7.81. The lowest BCUT2D eigenvalue weighted by Gasteiger charge is -2.30. The highest BCUT2D eigenvalue weighted by molar-refractivity contribution is 14.1. The van der Waals surface area contributed by atoms with Crippen LogP contribution in [0.5, 0.6) is 0 Å². The van der Waals surface area contributed by atoms with Gasteiger partial charge < -0.3 is 10.1 Å². The molecule has 0 radical (unpaired) electrons. The van der Waals surface area contributed by atoms with Crippen LogP contribution in [0.1, 0.15) is 24.4 Å². The van der Waals surface area contributed by atoms with Gasteiger partial charge in [0.1, 0.15) is 0 Å². The summed E-state index contributed by atoms with van der Waals surface area (Å²) in [7, 11) is 2.06. The summed E-state index contributed by atoms with van der Waals surface area (Å²) in [6.45, 7) is 1.82. The van der Waals surface area contributed by atoms with Gasteiger partial charge in [-0.05, 0) is 66.1 Å². The van der Waals surface area contributed by atoms with E-state index in [0.717, 1.165) is 26.1 Å². The molecule has 1 aliphatic heterocycles. The molecule has 2 rings (SSSR count). The minimum Gasteiger partial charge on any atom is -0.381 e. The molecule has 2 nitrogen and oxygen atoms in total. The summed E-state index contributed by atoms with van der Waals surface area (Å²) in [5, 5.41) is 3.46. The first-order valence-corrected chi connectivity index (χ1v) is 6.89. The van der Waals surface area contributed by atoms with Gasteiger partial charge in [-0.2, -0.15) is 0 Å². The quantitative estimate of drug-likeness (QED) is 0.860. The molecular weight excluding hydrogens is 313 g/mol. The van der Waals surface area contributed by atoms with Crippen LogP contribution in [-0.4, -0.2) is 20.3 Å². The van der Waals surface area contributed by atoms with E-state index < -0.39 is 0 Å². The molecule has 88 valence electrons. The fourth-order valence-corrected chi connectivity index (χ4v) is 2.99. The van der Waals surface area contributed by atoms with Gasteiger partial charge in [0, 0.05) is 22.8 Å².